The quantitative estimate of drug-likeness (QED) is 0.581. The smallest absolute Gasteiger partial charge is 0.214 e. The van der Waals surface area contributed by atoms with E-state index in [9.17, 15) is 0 Å². The van der Waals surface area contributed by atoms with Crippen LogP contribution < -0.4 is 10.5 Å². The molecule has 0 spiro atoms. The lowest BCUT2D eigenvalue weighted by Gasteiger charge is -2.25. The van der Waals surface area contributed by atoms with Gasteiger partial charge in [0.1, 0.15) is 11.9 Å². The van der Waals surface area contributed by atoms with Gasteiger partial charge in [-0.3, -0.25) is 5.41 Å². The zero-order valence-corrected chi connectivity index (χ0v) is 8.79. The van der Waals surface area contributed by atoms with Gasteiger partial charge in [-0.2, -0.15) is 0 Å². The molecular formula is C11H15N3O. The second-order valence-corrected chi connectivity index (χ2v) is 3.92. The summed E-state index contributed by atoms with van der Waals surface area (Å²) in [5.41, 5.74) is 6.94. The van der Waals surface area contributed by atoms with Crippen molar-refractivity contribution in [2.45, 2.75) is 32.3 Å². The fourth-order valence-corrected chi connectivity index (χ4v) is 1.51. The van der Waals surface area contributed by atoms with E-state index in [1.807, 2.05) is 6.92 Å². The minimum atomic E-state index is 0.0546. The number of ether oxygens (including phenoxy) is 1. The van der Waals surface area contributed by atoms with Gasteiger partial charge in [-0.25, -0.2) is 4.98 Å². The lowest BCUT2D eigenvalue weighted by molar-refractivity contribution is 0.114. The number of hydrogen-bond donors (Lipinski definition) is 2. The van der Waals surface area contributed by atoms with Gasteiger partial charge in [-0.05, 0) is 32.3 Å². The molecule has 0 aliphatic heterocycles. The molecule has 0 unspecified atom stereocenters. The van der Waals surface area contributed by atoms with Crippen molar-refractivity contribution < 1.29 is 4.74 Å². The van der Waals surface area contributed by atoms with E-state index in [-0.39, 0.29) is 5.84 Å². The Morgan fingerprint density at radius 2 is 2.27 bits per heavy atom. The van der Waals surface area contributed by atoms with E-state index in [2.05, 4.69) is 4.98 Å². The first-order chi connectivity index (χ1) is 7.15. The highest BCUT2D eigenvalue weighted by Crippen LogP contribution is 2.24. The van der Waals surface area contributed by atoms with Gasteiger partial charge in [0.2, 0.25) is 5.88 Å². The molecule has 80 valence electrons. The van der Waals surface area contributed by atoms with Crippen LogP contribution in [-0.2, 0) is 0 Å². The first-order valence-electron chi connectivity index (χ1n) is 5.15. The fourth-order valence-electron chi connectivity index (χ4n) is 1.51. The van der Waals surface area contributed by atoms with E-state index in [1.165, 1.54) is 6.42 Å². The summed E-state index contributed by atoms with van der Waals surface area (Å²) < 4.78 is 5.66. The van der Waals surface area contributed by atoms with E-state index < -0.39 is 0 Å². The Morgan fingerprint density at radius 1 is 1.53 bits per heavy atom. The standard InChI is InChI=1S/C11H15N3O/c1-7-5-8(11(12)13)6-10(14-7)15-9-3-2-4-9/h5-6,9H,2-4H2,1H3,(H3,12,13). The molecule has 1 saturated carbocycles. The van der Waals surface area contributed by atoms with Gasteiger partial charge >= 0.3 is 0 Å². The summed E-state index contributed by atoms with van der Waals surface area (Å²) in [7, 11) is 0. The molecule has 0 bridgehead atoms. The average molecular weight is 205 g/mol. The second-order valence-electron chi connectivity index (χ2n) is 3.92. The molecule has 4 heteroatoms. The van der Waals surface area contributed by atoms with Crippen molar-refractivity contribution in [3.63, 3.8) is 0 Å². The summed E-state index contributed by atoms with van der Waals surface area (Å²) in [4.78, 5) is 4.26. The molecule has 0 radical (unpaired) electrons. The van der Waals surface area contributed by atoms with Crippen molar-refractivity contribution in [1.29, 1.82) is 5.41 Å². The molecule has 1 aromatic heterocycles. The molecular weight excluding hydrogens is 190 g/mol. The SMILES string of the molecule is Cc1cc(C(=N)N)cc(OC2CCC2)n1. The predicted molar refractivity (Wildman–Crippen MR) is 58.3 cm³/mol. The maximum absolute atomic E-state index is 7.36. The fraction of sp³-hybridized carbons (Fsp3) is 0.455. The van der Waals surface area contributed by atoms with Crippen LogP contribution in [0.4, 0.5) is 0 Å². The summed E-state index contributed by atoms with van der Waals surface area (Å²) in [5, 5.41) is 7.36. The summed E-state index contributed by atoms with van der Waals surface area (Å²) in [6, 6.07) is 3.52. The molecule has 1 fully saturated rings. The lowest BCUT2D eigenvalue weighted by atomic mass is 9.96. The largest absolute Gasteiger partial charge is 0.474 e. The summed E-state index contributed by atoms with van der Waals surface area (Å²) >= 11 is 0. The van der Waals surface area contributed by atoms with E-state index in [4.69, 9.17) is 15.9 Å². The van der Waals surface area contributed by atoms with Gasteiger partial charge in [0.05, 0.1) is 0 Å². The van der Waals surface area contributed by atoms with Crippen molar-refractivity contribution in [2.75, 3.05) is 0 Å². The number of pyridine rings is 1. The number of nitrogens with one attached hydrogen (secondary N) is 1. The second kappa shape index (κ2) is 3.88. The van der Waals surface area contributed by atoms with Crippen LogP contribution >= 0.6 is 0 Å². The van der Waals surface area contributed by atoms with Gasteiger partial charge in [0.15, 0.2) is 0 Å². The average Bonchev–Trinajstić information content (AvgIpc) is 2.10. The van der Waals surface area contributed by atoms with Gasteiger partial charge in [-0.1, -0.05) is 0 Å². The third-order valence-electron chi connectivity index (χ3n) is 2.58. The van der Waals surface area contributed by atoms with Crippen LogP contribution in [0.5, 0.6) is 5.88 Å². The topological polar surface area (TPSA) is 72.0 Å². The zero-order valence-electron chi connectivity index (χ0n) is 8.79. The first-order valence-corrected chi connectivity index (χ1v) is 5.15. The summed E-state index contributed by atoms with van der Waals surface area (Å²) in [5.74, 6) is 0.642. The third kappa shape index (κ3) is 2.26. The molecule has 1 aliphatic carbocycles. The number of nitrogen functional groups attached to an aromatic ring is 1. The molecule has 1 heterocycles. The Kier molecular flexibility index (Phi) is 2.58. The van der Waals surface area contributed by atoms with Crippen LogP contribution in [0.25, 0.3) is 0 Å². The molecule has 3 N–H and O–H groups in total. The Morgan fingerprint density at radius 3 is 2.80 bits per heavy atom. The number of rotatable bonds is 3. The Balaban J connectivity index is 2.18. The number of nitrogens with zero attached hydrogens (tertiary/aromatic N) is 1. The predicted octanol–water partition coefficient (Wildman–Crippen LogP) is 1.61. The number of aromatic nitrogens is 1. The van der Waals surface area contributed by atoms with Crippen LogP contribution in [0.2, 0.25) is 0 Å². The van der Waals surface area contributed by atoms with Gasteiger partial charge in [-0.15, -0.1) is 0 Å². The monoisotopic (exact) mass is 205 g/mol. The van der Waals surface area contributed by atoms with Gasteiger partial charge in [0, 0.05) is 17.3 Å². The van der Waals surface area contributed by atoms with Crippen LogP contribution in [0.3, 0.4) is 0 Å². The van der Waals surface area contributed by atoms with Crippen molar-refractivity contribution >= 4 is 5.84 Å². The first kappa shape index (κ1) is 9.96. The van der Waals surface area contributed by atoms with E-state index in [0.29, 0.717) is 17.5 Å². The number of aryl methyl sites for hydroxylation is 1. The zero-order chi connectivity index (χ0) is 10.8. The number of hydrogen-bond acceptors (Lipinski definition) is 3. The van der Waals surface area contributed by atoms with Crippen LogP contribution in [-0.4, -0.2) is 16.9 Å². The van der Waals surface area contributed by atoms with Crippen LogP contribution in [0.15, 0.2) is 12.1 Å². The van der Waals surface area contributed by atoms with Gasteiger partial charge < -0.3 is 10.5 Å². The maximum atomic E-state index is 7.36. The molecule has 0 amide bonds. The third-order valence-corrected chi connectivity index (χ3v) is 2.58. The Bertz CT molecular complexity index is 385. The minimum Gasteiger partial charge on any atom is -0.474 e. The molecule has 2 rings (SSSR count). The van der Waals surface area contributed by atoms with Crippen molar-refractivity contribution in [3.05, 3.63) is 23.4 Å². The molecule has 0 atom stereocenters. The molecule has 1 aromatic rings. The molecule has 15 heavy (non-hydrogen) atoms. The van der Waals surface area contributed by atoms with Gasteiger partial charge in [0.25, 0.3) is 0 Å². The summed E-state index contributed by atoms with van der Waals surface area (Å²) in [6.45, 7) is 1.88. The van der Waals surface area contributed by atoms with Crippen LogP contribution in [0.1, 0.15) is 30.5 Å². The molecule has 0 aromatic carbocycles. The van der Waals surface area contributed by atoms with E-state index in [1.54, 1.807) is 12.1 Å². The molecule has 1 aliphatic rings. The molecule has 4 nitrogen and oxygen atoms in total. The highest BCUT2D eigenvalue weighted by atomic mass is 16.5. The highest BCUT2D eigenvalue weighted by Gasteiger charge is 2.19. The van der Waals surface area contributed by atoms with Crippen molar-refractivity contribution in [2.24, 2.45) is 5.73 Å². The van der Waals surface area contributed by atoms with E-state index >= 15 is 0 Å². The minimum absolute atomic E-state index is 0.0546. The lowest BCUT2D eigenvalue weighted by Crippen LogP contribution is -2.25. The van der Waals surface area contributed by atoms with Crippen molar-refractivity contribution in [1.82, 2.24) is 4.98 Å². The van der Waals surface area contributed by atoms with E-state index in [0.717, 1.165) is 18.5 Å². The van der Waals surface area contributed by atoms with Crippen LogP contribution in [0, 0.1) is 12.3 Å². The molecule has 0 saturated heterocycles. The highest BCUT2D eigenvalue weighted by molar-refractivity contribution is 5.95. The number of amidine groups is 1. The summed E-state index contributed by atoms with van der Waals surface area (Å²) in [6.07, 6.45) is 3.74. The Labute approximate surface area is 89.0 Å². The maximum Gasteiger partial charge on any atom is 0.214 e. The van der Waals surface area contributed by atoms with Crippen molar-refractivity contribution in [3.8, 4) is 5.88 Å². The number of nitrogens with two attached hydrogens (primary N) is 1. The normalized spacial score (nSPS) is 15.8. The Hall–Kier alpha value is -1.58.